The van der Waals surface area contributed by atoms with Crippen LogP contribution in [0.2, 0.25) is 0 Å². The highest BCUT2D eigenvalue weighted by molar-refractivity contribution is 5.71. The van der Waals surface area contributed by atoms with Crippen LogP contribution < -0.4 is 4.74 Å². The van der Waals surface area contributed by atoms with E-state index in [9.17, 15) is 4.79 Å². The third kappa shape index (κ3) is 4.47. The Morgan fingerprint density at radius 1 is 1.31 bits per heavy atom. The van der Waals surface area contributed by atoms with Crippen LogP contribution in [0.4, 0.5) is 0 Å². The number of rotatable bonds is 7. The van der Waals surface area contributed by atoms with Gasteiger partial charge < -0.3 is 9.84 Å². The average molecular weight is 357 g/mol. The molecule has 0 bridgehead atoms. The average Bonchev–Trinajstić information content (AvgIpc) is 2.49. The minimum absolute atomic E-state index is 0.186. The minimum atomic E-state index is -0.670. The van der Waals surface area contributed by atoms with Gasteiger partial charge in [-0.25, -0.2) is 0 Å². The Morgan fingerprint density at radius 2 is 2.04 bits per heavy atom. The minimum Gasteiger partial charge on any atom is -0.491 e. The normalized spacial score (nSPS) is 21.7. The van der Waals surface area contributed by atoms with E-state index in [2.05, 4.69) is 56.9 Å². The maximum absolute atomic E-state index is 11.0. The van der Waals surface area contributed by atoms with E-state index in [0.29, 0.717) is 24.9 Å². The predicted molar refractivity (Wildman–Crippen MR) is 104 cm³/mol. The second-order valence-corrected chi connectivity index (χ2v) is 8.47. The highest BCUT2D eigenvalue weighted by atomic mass is 16.5. The van der Waals surface area contributed by atoms with E-state index in [0.717, 1.165) is 25.1 Å². The van der Waals surface area contributed by atoms with Crippen molar-refractivity contribution in [2.24, 2.45) is 17.8 Å². The van der Waals surface area contributed by atoms with Gasteiger partial charge in [0, 0.05) is 19.6 Å². The number of fused-ring (bicyclic) bond motifs is 1. The molecule has 2 atom stereocenters. The van der Waals surface area contributed by atoms with Gasteiger partial charge in [0.1, 0.15) is 5.75 Å². The van der Waals surface area contributed by atoms with Crippen LogP contribution in [0.1, 0.15) is 45.2 Å². The van der Waals surface area contributed by atoms with E-state index in [-0.39, 0.29) is 12.0 Å². The van der Waals surface area contributed by atoms with Crippen molar-refractivity contribution in [1.29, 1.82) is 0 Å². The largest absolute Gasteiger partial charge is 0.491 e. The summed E-state index contributed by atoms with van der Waals surface area (Å²) in [5.74, 6) is 1.23. The van der Waals surface area contributed by atoms with E-state index >= 15 is 0 Å². The van der Waals surface area contributed by atoms with Gasteiger partial charge in [0.15, 0.2) is 0 Å². The first kappa shape index (κ1) is 19.0. The van der Waals surface area contributed by atoms with Crippen molar-refractivity contribution in [3.8, 4) is 5.75 Å². The van der Waals surface area contributed by atoms with Crippen LogP contribution in [0.25, 0.3) is 6.08 Å². The zero-order chi connectivity index (χ0) is 18.8. The van der Waals surface area contributed by atoms with Gasteiger partial charge in [0.25, 0.3) is 0 Å². The first-order valence-electron chi connectivity index (χ1n) is 9.77. The Morgan fingerprint density at radius 3 is 2.69 bits per heavy atom. The lowest BCUT2D eigenvalue weighted by molar-refractivity contribution is -0.147. The van der Waals surface area contributed by atoms with Gasteiger partial charge >= 0.3 is 5.97 Å². The van der Waals surface area contributed by atoms with Gasteiger partial charge in [0.2, 0.25) is 0 Å². The fraction of sp³-hybridized carbons (Fsp3) is 0.591. The molecule has 0 radical (unpaired) electrons. The molecule has 0 aromatic heterocycles. The number of carboxylic acid groups (broad SMARTS) is 1. The molecule has 1 saturated heterocycles. The number of ether oxygens (including phenoxy) is 1. The molecule has 1 aromatic rings. The second-order valence-electron chi connectivity index (χ2n) is 8.47. The number of carboxylic acids is 1. The summed E-state index contributed by atoms with van der Waals surface area (Å²) < 4.78 is 6.09. The first-order valence-corrected chi connectivity index (χ1v) is 9.77. The number of hydrogen-bond acceptors (Lipinski definition) is 3. The second kappa shape index (κ2) is 7.83. The topological polar surface area (TPSA) is 49.8 Å². The molecule has 4 nitrogen and oxygen atoms in total. The fourth-order valence-electron chi connectivity index (χ4n) is 4.04. The van der Waals surface area contributed by atoms with Gasteiger partial charge in [-0.1, -0.05) is 38.5 Å². The SMILES string of the molecule is CC(C)C[C@H](C)Oc1ccc2c(c1)C[C@@H](C)C(CN1CC(C(=O)O)C1)=C2. The molecule has 4 heteroatoms. The van der Waals surface area contributed by atoms with Crippen molar-refractivity contribution < 1.29 is 14.6 Å². The lowest BCUT2D eigenvalue weighted by Gasteiger charge is -2.38. The number of benzene rings is 1. The van der Waals surface area contributed by atoms with Gasteiger partial charge in [-0.05, 0) is 54.9 Å². The standard InChI is InChI=1S/C22H31NO3/c1-14(2)7-16(4)26-21-6-5-17-9-19(15(3)8-18(17)10-21)11-23-12-20(13-23)22(24)25/h5-6,9-10,14-16,20H,7-8,11-13H2,1-4H3,(H,24,25)/t15-,16+/m1/s1. The summed E-state index contributed by atoms with van der Waals surface area (Å²) in [6, 6.07) is 6.43. The number of aliphatic carboxylic acids is 1. The molecule has 0 saturated carbocycles. The molecule has 3 rings (SSSR count). The molecule has 1 aliphatic carbocycles. The highest BCUT2D eigenvalue weighted by Gasteiger charge is 2.33. The van der Waals surface area contributed by atoms with E-state index in [1.54, 1.807) is 0 Å². The summed E-state index contributed by atoms with van der Waals surface area (Å²) >= 11 is 0. The number of hydrogen-bond donors (Lipinski definition) is 1. The smallest absolute Gasteiger partial charge is 0.309 e. The molecule has 1 aromatic carbocycles. The molecule has 0 amide bonds. The Kier molecular flexibility index (Phi) is 5.71. The van der Waals surface area contributed by atoms with Crippen LogP contribution in [0.15, 0.2) is 23.8 Å². The lowest BCUT2D eigenvalue weighted by Crippen LogP contribution is -2.51. The molecule has 1 fully saturated rings. The zero-order valence-corrected chi connectivity index (χ0v) is 16.4. The van der Waals surface area contributed by atoms with Crippen LogP contribution >= 0.6 is 0 Å². The third-order valence-corrected chi connectivity index (χ3v) is 5.47. The van der Waals surface area contributed by atoms with E-state index < -0.39 is 5.97 Å². The Labute approximate surface area is 156 Å². The summed E-state index contributed by atoms with van der Waals surface area (Å²) in [5.41, 5.74) is 4.03. The molecule has 0 spiro atoms. The Balaban J connectivity index is 1.64. The number of nitrogens with zero attached hydrogens (tertiary/aromatic N) is 1. The molecule has 1 aliphatic heterocycles. The van der Waals surface area contributed by atoms with Gasteiger partial charge in [-0.3, -0.25) is 9.69 Å². The molecular weight excluding hydrogens is 326 g/mol. The van der Waals surface area contributed by atoms with E-state index in [4.69, 9.17) is 9.84 Å². The Hall–Kier alpha value is -1.81. The number of carbonyl (C=O) groups is 1. The molecule has 1 heterocycles. The summed E-state index contributed by atoms with van der Waals surface area (Å²) in [6.07, 6.45) is 4.60. The van der Waals surface area contributed by atoms with Crippen LogP contribution in [-0.2, 0) is 11.2 Å². The molecule has 142 valence electrons. The van der Waals surface area contributed by atoms with Crippen LogP contribution in [0.3, 0.4) is 0 Å². The van der Waals surface area contributed by atoms with Crippen LogP contribution in [0.5, 0.6) is 5.75 Å². The van der Waals surface area contributed by atoms with Crippen molar-refractivity contribution in [1.82, 2.24) is 4.90 Å². The van der Waals surface area contributed by atoms with Gasteiger partial charge in [-0.2, -0.15) is 0 Å². The molecule has 1 N–H and O–H groups in total. The molecule has 2 aliphatic rings. The van der Waals surface area contributed by atoms with Gasteiger partial charge in [0.05, 0.1) is 12.0 Å². The maximum Gasteiger partial charge on any atom is 0.309 e. The van der Waals surface area contributed by atoms with Crippen molar-refractivity contribution in [3.63, 3.8) is 0 Å². The van der Waals surface area contributed by atoms with Crippen molar-refractivity contribution in [2.45, 2.75) is 46.6 Å². The van der Waals surface area contributed by atoms with Crippen molar-refractivity contribution in [3.05, 3.63) is 34.9 Å². The van der Waals surface area contributed by atoms with E-state index in [1.807, 2.05) is 0 Å². The summed E-state index contributed by atoms with van der Waals surface area (Å²) in [6.45, 7) is 11.1. The van der Waals surface area contributed by atoms with Crippen LogP contribution in [-0.4, -0.2) is 41.7 Å². The molecule has 26 heavy (non-hydrogen) atoms. The van der Waals surface area contributed by atoms with Crippen LogP contribution in [0, 0.1) is 17.8 Å². The summed E-state index contributed by atoms with van der Waals surface area (Å²) in [7, 11) is 0. The Bertz CT molecular complexity index is 689. The fourth-order valence-corrected chi connectivity index (χ4v) is 4.04. The quantitative estimate of drug-likeness (QED) is 0.798. The van der Waals surface area contributed by atoms with Crippen molar-refractivity contribution >= 4 is 12.0 Å². The van der Waals surface area contributed by atoms with E-state index in [1.165, 1.54) is 16.7 Å². The van der Waals surface area contributed by atoms with Gasteiger partial charge in [-0.15, -0.1) is 0 Å². The monoisotopic (exact) mass is 357 g/mol. The zero-order valence-electron chi connectivity index (χ0n) is 16.4. The highest BCUT2D eigenvalue weighted by Crippen LogP contribution is 2.33. The maximum atomic E-state index is 11.0. The summed E-state index contributed by atoms with van der Waals surface area (Å²) in [5, 5.41) is 9.02. The molecule has 0 unspecified atom stereocenters. The summed E-state index contributed by atoms with van der Waals surface area (Å²) in [4.78, 5) is 13.2. The predicted octanol–water partition coefficient (Wildman–Crippen LogP) is 4.09. The molecular formula is C22H31NO3. The number of likely N-dealkylation sites (tertiary alicyclic amines) is 1. The third-order valence-electron chi connectivity index (χ3n) is 5.47. The van der Waals surface area contributed by atoms with Crippen molar-refractivity contribution in [2.75, 3.05) is 19.6 Å². The lowest BCUT2D eigenvalue weighted by atomic mass is 9.83. The first-order chi connectivity index (χ1) is 12.3.